The molecule has 0 saturated heterocycles. The van der Waals surface area contributed by atoms with Gasteiger partial charge in [-0.1, -0.05) is 24.8 Å². The fourth-order valence-electron chi connectivity index (χ4n) is 2.53. The molecule has 2 rings (SSSR count). The summed E-state index contributed by atoms with van der Waals surface area (Å²) in [4.78, 5) is 44.4. The molecule has 0 fully saturated rings. The Labute approximate surface area is 186 Å². The number of hydrogen-bond donors (Lipinski definition) is 0. The van der Waals surface area contributed by atoms with Crippen molar-refractivity contribution in [3.8, 4) is 5.75 Å². The van der Waals surface area contributed by atoms with E-state index in [2.05, 4.69) is 16.4 Å². The van der Waals surface area contributed by atoms with E-state index in [9.17, 15) is 14.4 Å². The fourth-order valence-corrected chi connectivity index (χ4v) is 2.53. The molecule has 8 nitrogen and oxygen atoms in total. The number of carbonyl (C=O) groups excluding carboxylic acids is 3. The molecule has 0 saturated carbocycles. The van der Waals surface area contributed by atoms with Crippen molar-refractivity contribution in [3.05, 3.63) is 78.6 Å². The minimum atomic E-state index is -0.788. The van der Waals surface area contributed by atoms with Crippen LogP contribution in [0.4, 0.5) is 0 Å². The zero-order valence-corrected chi connectivity index (χ0v) is 17.7. The molecule has 0 bridgehead atoms. The maximum Gasteiger partial charge on any atom is 0.386 e. The first-order valence-corrected chi connectivity index (χ1v) is 10.2. The molecule has 0 heterocycles. The van der Waals surface area contributed by atoms with Crippen molar-refractivity contribution in [2.75, 3.05) is 19.8 Å². The van der Waals surface area contributed by atoms with E-state index in [4.69, 9.17) is 14.2 Å². The van der Waals surface area contributed by atoms with E-state index in [1.54, 1.807) is 42.5 Å². The fraction of sp³-hybridized carbons (Fsp3) is 0.292. The molecule has 170 valence electrons. The highest BCUT2D eigenvalue weighted by Crippen LogP contribution is 2.14. The van der Waals surface area contributed by atoms with Crippen LogP contribution in [0.15, 0.2) is 67.4 Å². The van der Waals surface area contributed by atoms with Gasteiger partial charge in [-0.15, -0.1) is 0 Å². The van der Waals surface area contributed by atoms with Gasteiger partial charge >= 0.3 is 17.9 Å². The summed E-state index contributed by atoms with van der Waals surface area (Å²) in [5, 5.41) is 0. The molecule has 0 amide bonds. The first-order valence-electron chi connectivity index (χ1n) is 10.2. The summed E-state index contributed by atoms with van der Waals surface area (Å²) >= 11 is 0. The van der Waals surface area contributed by atoms with E-state index in [1.165, 1.54) is 18.4 Å². The zero-order chi connectivity index (χ0) is 23.0. The normalized spacial score (nSPS) is 10.0. The van der Waals surface area contributed by atoms with Gasteiger partial charge in [0.2, 0.25) is 0 Å². The van der Waals surface area contributed by atoms with Gasteiger partial charge in [0.05, 0.1) is 24.0 Å². The van der Waals surface area contributed by atoms with Crippen molar-refractivity contribution < 1.29 is 38.4 Å². The number of ether oxygens (including phenoxy) is 3. The Morgan fingerprint density at radius 3 is 2.06 bits per heavy atom. The van der Waals surface area contributed by atoms with Gasteiger partial charge in [-0.25, -0.2) is 19.4 Å². The van der Waals surface area contributed by atoms with Gasteiger partial charge in [-0.05, 0) is 55.7 Å². The number of hydrogen-bond acceptors (Lipinski definition) is 8. The predicted octanol–water partition coefficient (Wildman–Crippen LogP) is 4.26. The number of rotatable bonds is 13. The number of benzene rings is 2. The molecule has 0 atom stereocenters. The molecule has 0 unspecified atom stereocenters. The smallest absolute Gasteiger partial charge is 0.386 e. The van der Waals surface area contributed by atoms with Gasteiger partial charge in [0, 0.05) is 6.42 Å². The second-order valence-electron chi connectivity index (χ2n) is 6.55. The van der Waals surface area contributed by atoms with Crippen molar-refractivity contribution in [1.29, 1.82) is 0 Å². The third-order valence-corrected chi connectivity index (χ3v) is 4.17. The monoisotopic (exact) mass is 442 g/mol. The SMILES string of the molecule is C=COCCOC(=O)CCCCCOc1ccc(C(=O)OOC(=O)c2ccccc2)cc1. The summed E-state index contributed by atoms with van der Waals surface area (Å²) in [5.74, 6) is -1.21. The van der Waals surface area contributed by atoms with Crippen molar-refractivity contribution in [2.24, 2.45) is 0 Å². The van der Waals surface area contributed by atoms with Crippen molar-refractivity contribution >= 4 is 17.9 Å². The van der Waals surface area contributed by atoms with Crippen LogP contribution in [0.3, 0.4) is 0 Å². The lowest BCUT2D eigenvalue weighted by Gasteiger charge is -2.07. The van der Waals surface area contributed by atoms with E-state index in [-0.39, 0.29) is 23.7 Å². The Morgan fingerprint density at radius 2 is 1.41 bits per heavy atom. The number of unbranched alkanes of at least 4 members (excludes halogenated alkanes) is 2. The van der Waals surface area contributed by atoms with Crippen LogP contribution in [0.1, 0.15) is 46.4 Å². The second-order valence-corrected chi connectivity index (χ2v) is 6.55. The van der Waals surface area contributed by atoms with Crippen LogP contribution in [0.25, 0.3) is 0 Å². The molecule has 8 heteroatoms. The van der Waals surface area contributed by atoms with Crippen LogP contribution in [0, 0.1) is 0 Å². The van der Waals surface area contributed by atoms with Gasteiger partial charge in [-0.2, -0.15) is 0 Å². The summed E-state index contributed by atoms with van der Waals surface area (Å²) < 4.78 is 15.5. The molecule has 0 aliphatic heterocycles. The first-order chi connectivity index (χ1) is 15.6. The van der Waals surface area contributed by atoms with E-state index < -0.39 is 11.9 Å². The maximum atomic E-state index is 12.0. The average molecular weight is 442 g/mol. The van der Waals surface area contributed by atoms with E-state index in [0.717, 1.165) is 12.8 Å². The standard InChI is InChI=1S/C24H26O8/c1-2-28-17-18-30-22(25)11-7-4-8-16-29-21-14-12-20(13-15-21)24(27)32-31-23(26)19-9-5-3-6-10-19/h2-3,5-6,9-10,12-15H,1,4,7-8,11,16-18H2. The highest BCUT2D eigenvalue weighted by atomic mass is 17.2. The zero-order valence-electron chi connectivity index (χ0n) is 17.7. The third-order valence-electron chi connectivity index (χ3n) is 4.17. The summed E-state index contributed by atoms with van der Waals surface area (Å²) in [6.07, 6.45) is 3.94. The lowest BCUT2D eigenvalue weighted by atomic mass is 10.2. The van der Waals surface area contributed by atoms with Crippen LogP contribution in [0.5, 0.6) is 5.75 Å². The topological polar surface area (TPSA) is 97.4 Å². The minimum absolute atomic E-state index is 0.215. The van der Waals surface area contributed by atoms with Gasteiger partial charge in [0.15, 0.2) is 0 Å². The van der Waals surface area contributed by atoms with Gasteiger partial charge in [0.25, 0.3) is 0 Å². The summed E-state index contributed by atoms with van der Waals surface area (Å²) in [6, 6.07) is 14.5. The quantitative estimate of drug-likeness (QED) is 0.149. The third kappa shape index (κ3) is 9.34. The molecule has 0 aliphatic carbocycles. The van der Waals surface area contributed by atoms with Crippen LogP contribution in [0.2, 0.25) is 0 Å². The largest absolute Gasteiger partial charge is 0.498 e. The van der Waals surface area contributed by atoms with Crippen LogP contribution >= 0.6 is 0 Å². The summed E-state index contributed by atoms with van der Waals surface area (Å²) in [7, 11) is 0. The van der Waals surface area contributed by atoms with Crippen molar-refractivity contribution in [2.45, 2.75) is 25.7 Å². The Balaban J connectivity index is 1.59. The minimum Gasteiger partial charge on any atom is -0.498 e. The lowest BCUT2D eigenvalue weighted by Crippen LogP contribution is -2.11. The van der Waals surface area contributed by atoms with E-state index in [0.29, 0.717) is 31.8 Å². The highest BCUT2D eigenvalue weighted by molar-refractivity contribution is 5.92. The Hall–Kier alpha value is -3.81. The Bertz CT molecular complexity index is 861. The van der Waals surface area contributed by atoms with Crippen LogP contribution < -0.4 is 4.74 Å². The Morgan fingerprint density at radius 1 is 0.750 bits per heavy atom. The molecule has 0 N–H and O–H groups in total. The molecule has 0 aliphatic rings. The molecular formula is C24H26O8. The molecule has 2 aromatic rings. The van der Waals surface area contributed by atoms with Crippen molar-refractivity contribution in [1.82, 2.24) is 0 Å². The predicted molar refractivity (Wildman–Crippen MR) is 115 cm³/mol. The molecule has 0 radical (unpaired) electrons. The van der Waals surface area contributed by atoms with Crippen molar-refractivity contribution in [3.63, 3.8) is 0 Å². The van der Waals surface area contributed by atoms with Crippen LogP contribution in [-0.4, -0.2) is 37.7 Å². The highest BCUT2D eigenvalue weighted by Gasteiger charge is 2.14. The average Bonchev–Trinajstić information content (AvgIpc) is 2.83. The second kappa shape index (κ2) is 14.2. The van der Waals surface area contributed by atoms with Gasteiger partial charge in [0.1, 0.15) is 19.0 Å². The van der Waals surface area contributed by atoms with Crippen LogP contribution in [-0.2, 0) is 24.0 Å². The number of esters is 1. The molecule has 32 heavy (non-hydrogen) atoms. The van der Waals surface area contributed by atoms with E-state index in [1.807, 2.05) is 0 Å². The summed E-state index contributed by atoms with van der Waals surface area (Å²) in [6.45, 7) is 4.39. The molecular weight excluding hydrogens is 416 g/mol. The van der Waals surface area contributed by atoms with E-state index >= 15 is 0 Å². The van der Waals surface area contributed by atoms with Gasteiger partial charge in [-0.3, -0.25) is 4.79 Å². The molecule has 0 spiro atoms. The molecule has 2 aromatic carbocycles. The summed E-state index contributed by atoms with van der Waals surface area (Å²) in [5.41, 5.74) is 0.495. The lowest BCUT2D eigenvalue weighted by molar-refractivity contribution is -0.187. The Kier molecular flexibility index (Phi) is 10.9. The molecule has 0 aromatic heterocycles. The number of carbonyl (C=O) groups is 3. The first kappa shape index (κ1) is 24.5. The van der Waals surface area contributed by atoms with Gasteiger partial charge < -0.3 is 14.2 Å². The maximum absolute atomic E-state index is 12.0.